The number of ether oxygens (including phenoxy) is 1. The van der Waals surface area contributed by atoms with Gasteiger partial charge in [0.1, 0.15) is 12.2 Å². The highest BCUT2D eigenvalue weighted by molar-refractivity contribution is 5.90. The van der Waals surface area contributed by atoms with Gasteiger partial charge in [0.05, 0.1) is 19.0 Å². The SMILES string of the molecule is CO/C(N)=C/C=C(\N)c1ccn2c(-c3cccc(NC(=O)NCC(F)(F)F)c3)cnc2c1. The molecule has 0 saturated carbocycles. The summed E-state index contributed by atoms with van der Waals surface area (Å²) in [7, 11) is 1.45. The molecule has 3 aromatic rings. The molecule has 11 heteroatoms. The second kappa shape index (κ2) is 9.33. The minimum absolute atomic E-state index is 0.220. The second-order valence-corrected chi connectivity index (χ2v) is 6.69. The van der Waals surface area contributed by atoms with E-state index in [1.54, 1.807) is 66.3 Å². The normalized spacial score (nSPS) is 12.6. The molecule has 1 aromatic carbocycles. The molecule has 0 aliphatic carbocycles. The average molecular weight is 446 g/mol. The van der Waals surface area contributed by atoms with E-state index >= 15 is 0 Å². The lowest BCUT2D eigenvalue weighted by molar-refractivity contribution is -0.122. The van der Waals surface area contributed by atoms with Gasteiger partial charge in [0.15, 0.2) is 5.88 Å². The van der Waals surface area contributed by atoms with Crippen LogP contribution in [-0.2, 0) is 4.74 Å². The molecule has 2 heterocycles. The molecule has 8 nitrogen and oxygen atoms in total. The predicted octanol–water partition coefficient (Wildman–Crippen LogP) is 3.43. The third-order valence-electron chi connectivity index (χ3n) is 4.38. The number of methoxy groups -OCH3 is 1. The van der Waals surface area contributed by atoms with Crippen molar-refractivity contribution in [3.8, 4) is 11.3 Å². The Labute approximate surface area is 181 Å². The molecule has 0 spiro atoms. The smallest absolute Gasteiger partial charge is 0.405 e. The molecule has 0 unspecified atom stereocenters. The molecule has 3 rings (SSSR count). The Hall–Kier alpha value is -4.15. The lowest BCUT2D eigenvalue weighted by Crippen LogP contribution is -2.36. The van der Waals surface area contributed by atoms with Gasteiger partial charge in [-0.2, -0.15) is 13.2 Å². The average Bonchev–Trinajstić information content (AvgIpc) is 3.18. The fourth-order valence-corrected chi connectivity index (χ4v) is 2.82. The molecule has 168 valence electrons. The number of benzene rings is 1. The number of rotatable bonds is 6. The van der Waals surface area contributed by atoms with Crippen LogP contribution in [0.1, 0.15) is 5.56 Å². The number of hydrogen-bond acceptors (Lipinski definition) is 5. The van der Waals surface area contributed by atoms with Gasteiger partial charge in [-0.05, 0) is 36.4 Å². The van der Waals surface area contributed by atoms with Crippen molar-refractivity contribution in [2.75, 3.05) is 19.0 Å². The summed E-state index contributed by atoms with van der Waals surface area (Å²) >= 11 is 0. The molecule has 0 fully saturated rings. The highest BCUT2D eigenvalue weighted by Gasteiger charge is 2.27. The zero-order chi connectivity index (χ0) is 23.3. The molecule has 0 radical (unpaired) electrons. The number of aromatic nitrogens is 2. The molecular weight excluding hydrogens is 425 g/mol. The number of nitrogens with zero attached hydrogens (tertiary/aromatic N) is 2. The Balaban J connectivity index is 1.81. The van der Waals surface area contributed by atoms with Crippen LogP contribution in [0, 0.1) is 0 Å². The number of carbonyl (C=O) groups is 1. The third kappa shape index (κ3) is 5.72. The van der Waals surface area contributed by atoms with Gasteiger partial charge in [0.2, 0.25) is 0 Å². The van der Waals surface area contributed by atoms with Crippen LogP contribution in [0.2, 0.25) is 0 Å². The van der Waals surface area contributed by atoms with E-state index in [4.69, 9.17) is 16.2 Å². The largest absolute Gasteiger partial charge is 0.483 e. The summed E-state index contributed by atoms with van der Waals surface area (Å²) in [5, 5.41) is 4.15. The number of amides is 2. The van der Waals surface area contributed by atoms with Crippen LogP contribution in [0.5, 0.6) is 0 Å². The van der Waals surface area contributed by atoms with E-state index in [1.165, 1.54) is 7.11 Å². The number of nitrogens with one attached hydrogen (secondary N) is 2. The van der Waals surface area contributed by atoms with Crippen molar-refractivity contribution in [3.05, 3.63) is 72.4 Å². The first-order chi connectivity index (χ1) is 15.2. The number of allylic oxidation sites excluding steroid dienone is 2. The van der Waals surface area contributed by atoms with E-state index in [-0.39, 0.29) is 5.88 Å². The molecule has 0 aliphatic rings. The van der Waals surface area contributed by atoms with Gasteiger partial charge in [0.25, 0.3) is 0 Å². The van der Waals surface area contributed by atoms with Crippen molar-refractivity contribution in [1.82, 2.24) is 14.7 Å². The van der Waals surface area contributed by atoms with E-state index < -0.39 is 18.8 Å². The van der Waals surface area contributed by atoms with Gasteiger partial charge >= 0.3 is 12.2 Å². The molecule has 0 atom stereocenters. The molecule has 6 N–H and O–H groups in total. The maximum Gasteiger partial charge on any atom is 0.405 e. The zero-order valence-corrected chi connectivity index (χ0v) is 17.0. The number of halogens is 3. The molecular formula is C21H21F3N6O2. The lowest BCUT2D eigenvalue weighted by Gasteiger charge is -2.11. The number of alkyl halides is 3. The summed E-state index contributed by atoms with van der Waals surface area (Å²) in [5.74, 6) is 0.220. The van der Waals surface area contributed by atoms with Crippen LogP contribution in [0.3, 0.4) is 0 Å². The number of nitrogens with two attached hydrogens (primary N) is 2. The van der Waals surface area contributed by atoms with E-state index in [0.29, 0.717) is 22.6 Å². The van der Waals surface area contributed by atoms with E-state index in [1.807, 2.05) is 4.40 Å². The quantitative estimate of drug-likeness (QED) is 0.342. The van der Waals surface area contributed by atoms with Crippen LogP contribution >= 0.6 is 0 Å². The Bertz CT molecular complexity index is 1180. The van der Waals surface area contributed by atoms with Crippen LogP contribution in [-0.4, -0.2) is 35.2 Å². The first kappa shape index (κ1) is 22.5. The van der Waals surface area contributed by atoms with Gasteiger partial charge in [0, 0.05) is 28.7 Å². The minimum atomic E-state index is -4.49. The molecule has 0 bridgehead atoms. The number of fused-ring (bicyclic) bond motifs is 1. The molecule has 0 aliphatic heterocycles. The first-order valence-electron chi connectivity index (χ1n) is 9.33. The lowest BCUT2D eigenvalue weighted by atomic mass is 10.1. The van der Waals surface area contributed by atoms with Gasteiger partial charge in [-0.15, -0.1) is 0 Å². The van der Waals surface area contributed by atoms with Gasteiger partial charge in [-0.1, -0.05) is 12.1 Å². The van der Waals surface area contributed by atoms with Crippen molar-refractivity contribution < 1.29 is 22.7 Å². The minimum Gasteiger partial charge on any atom is -0.483 e. The fraction of sp³-hybridized carbons (Fsp3) is 0.143. The van der Waals surface area contributed by atoms with Crippen LogP contribution < -0.4 is 22.1 Å². The Morgan fingerprint density at radius 2 is 2.00 bits per heavy atom. The summed E-state index contributed by atoms with van der Waals surface area (Å²) in [6.07, 6.45) is 2.10. The Morgan fingerprint density at radius 3 is 2.72 bits per heavy atom. The summed E-state index contributed by atoms with van der Waals surface area (Å²) < 4.78 is 43.4. The predicted molar refractivity (Wildman–Crippen MR) is 115 cm³/mol. The van der Waals surface area contributed by atoms with Crippen LogP contribution in [0.15, 0.2) is 66.8 Å². The molecule has 32 heavy (non-hydrogen) atoms. The maximum absolute atomic E-state index is 12.2. The summed E-state index contributed by atoms with van der Waals surface area (Å²) in [6.45, 7) is -1.42. The van der Waals surface area contributed by atoms with E-state index in [2.05, 4.69) is 10.3 Å². The zero-order valence-electron chi connectivity index (χ0n) is 17.0. The van der Waals surface area contributed by atoms with E-state index in [0.717, 1.165) is 11.3 Å². The number of anilines is 1. The maximum atomic E-state index is 12.2. The van der Waals surface area contributed by atoms with Crippen LogP contribution in [0.4, 0.5) is 23.7 Å². The summed E-state index contributed by atoms with van der Waals surface area (Å²) in [6, 6.07) is 9.32. The van der Waals surface area contributed by atoms with Crippen molar-refractivity contribution in [3.63, 3.8) is 0 Å². The highest BCUT2D eigenvalue weighted by Crippen LogP contribution is 2.25. The topological polar surface area (TPSA) is 120 Å². The van der Waals surface area contributed by atoms with E-state index in [9.17, 15) is 18.0 Å². The standard InChI is InChI=1S/C21H21F3N6O2/c1-32-18(26)6-5-16(25)13-7-8-30-17(11-27-19(30)10-13)14-3-2-4-15(9-14)29-20(31)28-12-21(22,23)24/h2-11H,12,25-26H2,1H3,(H2,28,29,31)/b16-5-,18-6+. The fourth-order valence-electron chi connectivity index (χ4n) is 2.82. The first-order valence-corrected chi connectivity index (χ1v) is 9.33. The number of pyridine rings is 1. The number of carbonyl (C=O) groups excluding carboxylic acids is 1. The van der Waals surface area contributed by atoms with Crippen molar-refractivity contribution in [2.24, 2.45) is 11.5 Å². The monoisotopic (exact) mass is 446 g/mol. The number of urea groups is 1. The van der Waals surface area contributed by atoms with Crippen molar-refractivity contribution >= 4 is 23.1 Å². The molecule has 0 saturated heterocycles. The number of hydrogen-bond donors (Lipinski definition) is 4. The van der Waals surface area contributed by atoms with Gasteiger partial charge in [-0.3, -0.25) is 4.40 Å². The van der Waals surface area contributed by atoms with Crippen molar-refractivity contribution in [2.45, 2.75) is 6.18 Å². The molecule has 2 aromatic heterocycles. The van der Waals surface area contributed by atoms with Crippen LogP contribution in [0.25, 0.3) is 22.6 Å². The molecule has 2 amide bonds. The summed E-state index contributed by atoms with van der Waals surface area (Å²) in [4.78, 5) is 16.1. The Kier molecular flexibility index (Phi) is 6.57. The summed E-state index contributed by atoms with van der Waals surface area (Å²) in [5.41, 5.74) is 15.2. The van der Waals surface area contributed by atoms with Gasteiger partial charge < -0.3 is 26.8 Å². The highest BCUT2D eigenvalue weighted by atomic mass is 19.4. The third-order valence-corrected chi connectivity index (χ3v) is 4.38. The van der Waals surface area contributed by atoms with Gasteiger partial charge in [-0.25, -0.2) is 9.78 Å². The number of imidazole rings is 1. The van der Waals surface area contributed by atoms with Crippen molar-refractivity contribution in [1.29, 1.82) is 0 Å². The Morgan fingerprint density at radius 1 is 1.22 bits per heavy atom. The second-order valence-electron chi connectivity index (χ2n) is 6.69.